The first-order valence-corrected chi connectivity index (χ1v) is 9.89. The molecule has 0 N–H and O–H groups in total. The van der Waals surface area contributed by atoms with Crippen molar-refractivity contribution in [3.05, 3.63) is 59.7 Å². The molecule has 0 unspecified atom stereocenters. The fraction of sp³-hybridized carbons (Fsp3) is 0.391. The second-order valence-electron chi connectivity index (χ2n) is 7.34. The van der Waals surface area contributed by atoms with Crippen molar-refractivity contribution in [2.45, 2.75) is 27.2 Å². The van der Waals surface area contributed by atoms with Crippen LogP contribution in [0.15, 0.2) is 48.5 Å². The predicted molar refractivity (Wildman–Crippen MR) is 114 cm³/mol. The second kappa shape index (κ2) is 8.91. The Balaban J connectivity index is 1.55. The highest BCUT2D eigenvalue weighted by Crippen LogP contribution is 2.24. The molecular weight excluding hydrogens is 350 g/mol. The third-order valence-corrected chi connectivity index (χ3v) is 5.55. The molecule has 2 aromatic carbocycles. The van der Waals surface area contributed by atoms with Crippen molar-refractivity contribution in [1.29, 1.82) is 0 Å². The Morgan fingerprint density at radius 3 is 2.25 bits per heavy atom. The molecule has 1 heterocycles. The van der Waals surface area contributed by atoms with E-state index in [4.69, 9.17) is 0 Å². The number of anilines is 2. The van der Waals surface area contributed by atoms with Crippen LogP contribution in [0.2, 0.25) is 0 Å². The minimum atomic E-state index is -0.0428. The maximum absolute atomic E-state index is 12.7. The molecule has 0 aromatic heterocycles. The molecule has 0 saturated carbocycles. The van der Waals surface area contributed by atoms with Crippen LogP contribution in [-0.4, -0.2) is 49.4 Å². The average Bonchev–Trinajstić information content (AvgIpc) is 2.71. The van der Waals surface area contributed by atoms with E-state index in [0.717, 1.165) is 31.9 Å². The van der Waals surface area contributed by atoms with Gasteiger partial charge in [-0.1, -0.05) is 30.3 Å². The van der Waals surface area contributed by atoms with E-state index in [1.807, 2.05) is 35.2 Å². The first-order chi connectivity index (χ1) is 13.5. The van der Waals surface area contributed by atoms with Crippen molar-refractivity contribution >= 4 is 23.2 Å². The quantitative estimate of drug-likeness (QED) is 0.800. The summed E-state index contributed by atoms with van der Waals surface area (Å²) in [6.45, 7) is 9.36. The summed E-state index contributed by atoms with van der Waals surface area (Å²) in [5.41, 5.74) is 4.70. The van der Waals surface area contributed by atoms with E-state index in [1.165, 1.54) is 16.8 Å². The number of nitrogens with zero attached hydrogens (tertiary/aromatic N) is 3. The molecule has 0 spiro atoms. The molecule has 0 bridgehead atoms. The van der Waals surface area contributed by atoms with Crippen LogP contribution >= 0.6 is 0 Å². The topological polar surface area (TPSA) is 43.9 Å². The predicted octanol–water partition coefficient (Wildman–Crippen LogP) is 3.40. The molecular formula is C23H29N3O2. The van der Waals surface area contributed by atoms with E-state index < -0.39 is 0 Å². The molecule has 3 rings (SSSR count). The Morgan fingerprint density at radius 2 is 1.61 bits per heavy atom. The molecule has 148 valence electrons. The molecule has 28 heavy (non-hydrogen) atoms. The van der Waals surface area contributed by atoms with Gasteiger partial charge in [-0.2, -0.15) is 0 Å². The highest BCUT2D eigenvalue weighted by Gasteiger charge is 2.23. The van der Waals surface area contributed by atoms with Crippen LogP contribution in [0, 0.1) is 13.8 Å². The molecule has 1 aliphatic heterocycles. The third-order valence-electron chi connectivity index (χ3n) is 5.55. The van der Waals surface area contributed by atoms with Crippen molar-refractivity contribution in [3.8, 4) is 0 Å². The van der Waals surface area contributed by atoms with E-state index in [-0.39, 0.29) is 11.8 Å². The maximum Gasteiger partial charge on any atom is 0.224 e. The molecule has 1 fully saturated rings. The molecule has 0 aliphatic carbocycles. The summed E-state index contributed by atoms with van der Waals surface area (Å²) < 4.78 is 0. The van der Waals surface area contributed by atoms with E-state index >= 15 is 0 Å². The van der Waals surface area contributed by atoms with Gasteiger partial charge < -0.3 is 14.7 Å². The van der Waals surface area contributed by atoms with Crippen molar-refractivity contribution in [3.63, 3.8) is 0 Å². The minimum absolute atomic E-state index is 0.0428. The number of piperazine rings is 1. The number of carbonyl (C=O) groups is 2. The molecule has 5 heteroatoms. The normalized spacial score (nSPS) is 14.1. The first-order valence-electron chi connectivity index (χ1n) is 9.89. The van der Waals surface area contributed by atoms with Crippen LogP contribution in [0.3, 0.4) is 0 Å². The summed E-state index contributed by atoms with van der Waals surface area (Å²) in [7, 11) is 0. The molecule has 2 amide bonds. The number of hydrogen-bond acceptors (Lipinski definition) is 3. The van der Waals surface area contributed by atoms with Gasteiger partial charge in [-0.15, -0.1) is 0 Å². The van der Waals surface area contributed by atoms with Crippen LogP contribution in [0.4, 0.5) is 11.4 Å². The fourth-order valence-corrected chi connectivity index (χ4v) is 3.72. The standard InChI is InChI=1S/C23H29N3O2/c1-18-8-7-11-22(19(18)2)24-14-16-25(17-15-24)23(28)12-13-26(20(3)27)21-9-5-4-6-10-21/h4-11H,12-17H2,1-3H3. The van der Waals surface area contributed by atoms with Crippen molar-refractivity contribution in [2.75, 3.05) is 42.5 Å². The number of benzene rings is 2. The van der Waals surface area contributed by atoms with Gasteiger partial charge in [0.1, 0.15) is 0 Å². The number of hydrogen-bond donors (Lipinski definition) is 0. The summed E-state index contributed by atoms with van der Waals surface area (Å²) in [6, 6.07) is 15.9. The van der Waals surface area contributed by atoms with Gasteiger partial charge in [-0.05, 0) is 43.2 Å². The van der Waals surface area contributed by atoms with Crippen LogP contribution < -0.4 is 9.80 Å². The van der Waals surface area contributed by atoms with Gasteiger partial charge in [-0.25, -0.2) is 0 Å². The zero-order valence-electron chi connectivity index (χ0n) is 17.0. The SMILES string of the molecule is CC(=O)N(CCC(=O)N1CCN(c2cccc(C)c2C)CC1)c1ccccc1. The Bertz CT molecular complexity index is 827. The second-order valence-corrected chi connectivity index (χ2v) is 7.34. The molecule has 0 radical (unpaired) electrons. The lowest BCUT2D eigenvalue weighted by atomic mass is 10.1. The lowest BCUT2D eigenvalue weighted by Gasteiger charge is -2.37. The maximum atomic E-state index is 12.7. The third kappa shape index (κ3) is 4.53. The number of aryl methyl sites for hydroxylation is 1. The van der Waals surface area contributed by atoms with Crippen molar-refractivity contribution < 1.29 is 9.59 Å². The smallest absolute Gasteiger partial charge is 0.224 e. The summed E-state index contributed by atoms with van der Waals surface area (Å²) in [6.07, 6.45) is 0.345. The van der Waals surface area contributed by atoms with E-state index in [0.29, 0.717) is 13.0 Å². The van der Waals surface area contributed by atoms with Gasteiger partial charge in [0.25, 0.3) is 0 Å². The zero-order chi connectivity index (χ0) is 20.1. The monoisotopic (exact) mass is 379 g/mol. The Hall–Kier alpha value is -2.82. The van der Waals surface area contributed by atoms with Gasteiger partial charge in [0.15, 0.2) is 0 Å². The number of carbonyl (C=O) groups excluding carboxylic acids is 2. The van der Waals surface area contributed by atoms with Gasteiger partial charge in [-0.3, -0.25) is 9.59 Å². The van der Waals surface area contributed by atoms with Crippen LogP contribution in [0.5, 0.6) is 0 Å². The van der Waals surface area contributed by atoms with Crippen molar-refractivity contribution in [1.82, 2.24) is 4.90 Å². The van der Waals surface area contributed by atoms with E-state index in [9.17, 15) is 9.59 Å². The van der Waals surface area contributed by atoms with Crippen LogP contribution in [-0.2, 0) is 9.59 Å². The van der Waals surface area contributed by atoms with Gasteiger partial charge >= 0.3 is 0 Å². The summed E-state index contributed by atoms with van der Waals surface area (Å²) >= 11 is 0. The van der Waals surface area contributed by atoms with Gasteiger partial charge in [0.05, 0.1) is 0 Å². The van der Waals surface area contributed by atoms with E-state index in [2.05, 4.69) is 36.9 Å². The molecule has 5 nitrogen and oxygen atoms in total. The Morgan fingerprint density at radius 1 is 0.929 bits per heavy atom. The Kier molecular flexibility index (Phi) is 6.34. The van der Waals surface area contributed by atoms with Gasteiger partial charge in [0.2, 0.25) is 11.8 Å². The van der Waals surface area contributed by atoms with Crippen LogP contribution in [0.25, 0.3) is 0 Å². The zero-order valence-corrected chi connectivity index (χ0v) is 17.0. The molecule has 2 aromatic rings. The lowest BCUT2D eigenvalue weighted by Crippen LogP contribution is -2.49. The van der Waals surface area contributed by atoms with Crippen molar-refractivity contribution in [2.24, 2.45) is 0 Å². The number of para-hydroxylation sites is 1. The van der Waals surface area contributed by atoms with E-state index in [1.54, 1.807) is 11.8 Å². The largest absolute Gasteiger partial charge is 0.368 e. The highest BCUT2D eigenvalue weighted by molar-refractivity contribution is 5.92. The Labute approximate surface area is 167 Å². The summed E-state index contributed by atoms with van der Waals surface area (Å²) in [4.78, 5) is 30.6. The molecule has 1 aliphatic rings. The number of rotatable bonds is 5. The fourth-order valence-electron chi connectivity index (χ4n) is 3.72. The molecule has 1 saturated heterocycles. The molecule has 0 atom stereocenters. The lowest BCUT2D eigenvalue weighted by molar-refractivity contribution is -0.131. The summed E-state index contributed by atoms with van der Waals surface area (Å²) in [5, 5.41) is 0. The highest BCUT2D eigenvalue weighted by atomic mass is 16.2. The van der Waals surface area contributed by atoms with Crippen LogP contribution in [0.1, 0.15) is 24.5 Å². The number of amides is 2. The summed E-state index contributed by atoms with van der Waals surface area (Å²) in [5.74, 6) is 0.0709. The van der Waals surface area contributed by atoms with Gasteiger partial charge in [0, 0.05) is 57.4 Å². The minimum Gasteiger partial charge on any atom is -0.368 e. The first kappa shape index (κ1) is 19.9. The average molecular weight is 380 g/mol.